The molecule has 3 aromatic carbocycles. The highest BCUT2D eigenvalue weighted by molar-refractivity contribution is 5.93. The summed E-state index contributed by atoms with van der Waals surface area (Å²) in [7, 11) is 0. The molecular weight excluding hydrogens is 404 g/mol. The zero-order valence-corrected chi connectivity index (χ0v) is 18.4. The lowest BCUT2D eigenvalue weighted by molar-refractivity contribution is -0.114. The Hall–Kier alpha value is -3.67. The molecule has 6 nitrogen and oxygen atoms in total. The first-order valence-electron chi connectivity index (χ1n) is 10.9. The average molecular weight is 435 g/mol. The standard InChI is InChI=1S/C26H30N2O4/c1-2-3-17-30-24-13-9-21(10-14-24)27-20-26(29)28-22-11-15-25(16-12-22)32-19-18-31-23-7-5-4-6-8-23/h4-16,27H,2-3,17-20H2,1H3,(H,28,29). The number of para-hydroxylation sites is 1. The number of carbonyl (C=O) groups is 1. The smallest absolute Gasteiger partial charge is 0.243 e. The van der Waals surface area contributed by atoms with Crippen LogP contribution in [0, 0.1) is 0 Å². The van der Waals surface area contributed by atoms with Crippen LogP contribution in [0.3, 0.4) is 0 Å². The maximum atomic E-state index is 12.2. The molecule has 0 aliphatic rings. The van der Waals surface area contributed by atoms with Gasteiger partial charge in [-0.05, 0) is 67.1 Å². The first kappa shape index (κ1) is 23.0. The molecule has 2 N–H and O–H groups in total. The molecule has 0 aliphatic heterocycles. The van der Waals surface area contributed by atoms with Crippen molar-refractivity contribution in [3.05, 3.63) is 78.9 Å². The zero-order chi connectivity index (χ0) is 22.4. The molecule has 3 rings (SSSR count). The van der Waals surface area contributed by atoms with Gasteiger partial charge in [-0.15, -0.1) is 0 Å². The van der Waals surface area contributed by atoms with E-state index in [9.17, 15) is 4.79 Å². The van der Waals surface area contributed by atoms with Crippen LogP contribution in [0.1, 0.15) is 19.8 Å². The maximum absolute atomic E-state index is 12.2. The summed E-state index contributed by atoms with van der Waals surface area (Å²) in [5.41, 5.74) is 1.58. The van der Waals surface area contributed by atoms with Crippen LogP contribution in [-0.2, 0) is 4.79 Å². The molecule has 32 heavy (non-hydrogen) atoms. The number of anilines is 2. The molecule has 0 saturated heterocycles. The molecule has 1 amide bonds. The molecule has 3 aromatic rings. The van der Waals surface area contributed by atoms with Gasteiger partial charge in [0.15, 0.2) is 0 Å². The van der Waals surface area contributed by atoms with Crippen LogP contribution >= 0.6 is 0 Å². The predicted molar refractivity (Wildman–Crippen MR) is 128 cm³/mol. The van der Waals surface area contributed by atoms with E-state index in [1.165, 1.54) is 0 Å². The summed E-state index contributed by atoms with van der Waals surface area (Å²) in [4.78, 5) is 12.2. The minimum absolute atomic E-state index is 0.127. The molecule has 0 saturated carbocycles. The van der Waals surface area contributed by atoms with E-state index >= 15 is 0 Å². The van der Waals surface area contributed by atoms with Crippen molar-refractivity contribution in [3.63, 3.8) is 0 Å². The van der Waals surface area contributed by atoms with Crippen molar-refractivity contribution in [2.24, 2.45) is 0 Å². The second-order valence-corrected chi connectivity index (χ2v) is 7.16. The maximum Gasteiger partial charge on any atom is 0.243 e. The molecular formula is C26H30N2O4. The second-order valence-electron chi connectivity index (χ2n) is 7.16. The van der Waals surface area contributed by atoms with Crippen LogP contribution in [0.2, 0.25) is 0 Å². The molecule has 0 aromatic heterocycles. The van der Waals surface area contributed by atoms with Crippen molar-refractivity contribution >= 4 is 17.3 Å². The van der Waals surface area contributed by atoms with Gasteiger partial charge >= 0.3 is 0 Å². The number of hydrogen-bond acceptors (Lipinski definition) is 5. The van der Waals surface area contributed by atoms with Gasteiger partial charge in [0.2, 0.25) is 5.91 Å². The van der Waals surface area contributed by atoms with Gasteiger partial charge < -0.3 is 24.8 Å². The predicted octanol–water partition coefficient (Wildman–Crippen LogP) is 5.37. The average Bonchev–Trinajstić information content (AvgIpc) is 2.83. The Bertz CT molecular complexity index is 928. The Morgan fingerprint density at radius 3 is 1.81 bits per heavy atom. The van der Waals surface area contributed by atoms with Gasteiger partial charge in [0.25, 0.3) is 0 Å². The fourth-order valence-corrected chi connectivity index (χ4v) is 2.86. The minimum atomic E-state index is -0.127. The van der Waals surface area contributed by atoms with Crippen molar-refractivity contribution < 1.29 is 19.0 Å². The fraction of sp³-hybridized carbons (Fsp3) is 0.269. The highest BCUT2D eigenvalue weighted by Crippen LogP contribution is 2.17. The van der Waals surface area contributed by atoms with Crippen molar-refractivity contribution in [2.75, 3.05) is 37.0 Å². The van der Waals surface area contributed by atoms with E-state index in [0.29, 0.717) is 18.9 Å². The van der Waals surface area contributed by atoms with Gasteiger partial charge in [0.1, 0.15) is 30.5 Å². The topological polar surface area (TPSA) is 68.8 Å². The Kier molecular flexibility index (Phi) is 9.27. The summed E-state index contributed by atoms with van der Waals surface area (Å²) in [5.74, 6) is 2.25. The first-order chi connectivity index (χ1) is 15.7. The molecule has 0 radical (unpaired) electrons. The number of carbonyl (C=O) groups excluding carboxylic acids is 1. The van der Waals surface area contributed by atoms with E-state index in [0.717, 1.165) is 42.4 Å². The number of amides is 1. The Morgan fingerprint density at radius 2 is 1.22 bits per heavy atom. The van der Waals surface area contributed by atoms with Crippen molar-refractivity contribution in [1.29, 1.82) is 0 Å². The van der Waals surface area contributed by atoms with Crippen LogP contribution in [0.15, 0.2) is 78.9 Å². The van der Waals surface area contributed by atoms with E-state index in [1.807, 2.05) is 78.9 Å². The van der Waals surface area contributed by atoms with E-state index in [4.69, 9.17) is 14.2 Å². The van der Waals surface area contributed by atoms with Crippen LogP contribution in [0.25, 0.3) is 0 Å². The quantitative estimate of drug-likeness (QED) is 0.354. The second kappa shape index (κ2) is 12.9. The Balaban J connectivity index is 1.34. The molecule has 0 atom stereocenters. The van der Waals surface area contributed by atoms with Gasteiger partial charge in [-0.25, -0.2) is 0 Å². The summed E-state index contributed by atoms with van der Waals surface area (Å²) in [5, 5.41) is 5.98. The Morgan fingerprint density at radius 1 is 0.688 bits per heavy atom. The largest absolute Gasteiger partial charge is 0.494 e. The third-order valence-electron chi connectivity index (χ3n) is 4.58. The molecule has 0 fully saturated rings. The lowest BCUT2D eigenvalue weighted by Gasteiger charge is -2.11. The number of hydrogen-bond donors (Lipinski definition) is 2. The molecule has 0 heterocycles. The monoisotopic (exact) mass is 434 g/mol. The van der Waals surface area contributed by atoms with Crippen LogP contribution < -0.4 is 24.8 Å². The van der Waals surface area contributed by atoms with Crippen molar-refractivity contribution in [3.8, 4) is 17.2 Å². The molecule has 168 valence electrons. The summed E-state index contributed by atoms with van der Waals surface area (Å²) in [6.45, 7) is 3.92. The Labute approximate surface area is 189 Å². The highest BCUT2D eigenvalue weighted by Gasteiger charge is 2.04. The van der Waals surface area contributed by atoms with Crippen molar-refractivity contribution in [2.45, 2.75) is 19.8 Å². The lowest BCUT2D eigenvalue weighted by Crippen LogP contribution is -2.21. The van der Waals surface area contributed by atoms with Crippen LogP contribution in [0.4, 0.5) is 11.4 Å². The van der Waals surface area contributed by atoms with Crippen molar-refractivity contribution in [1.82, 2.24) is 0 Å². The van der Waals surface area contributed by atoms with Gasteiger partial charge in [-0.1, -0.05) is 31.5 Å². The molecule has 0 aliphatic carbocycles. The first-order valence-corrected chi connectivity index (χ1v) is 10.9. The lowest BCUT2D eigenvalue weighted by atomic mass is 10.3. The van der Waals surface area contributed by atoms with E-state index in [2.05, 4.69) is 17.6 Å². The van der Waals surface area contributed by atoms with Gasteiger partial charge in [0.05, 0.1) is 13.2 Å². The zero-order valence-electron chi connectivity index (χ0n) is 18.4. The summed E-state index contributed by atoms with van der Waals surface area (Å²) >= 11 is 0. The number of benzene rings is 3. The van der Waals surface area contributed by atoms with Gasteiger partial charge in [-0.3, -0.25) is 4.79 Å². The molecule has 0 bridgehead atoms. The molecule has 0 unspecified atom stereocenters. The molecule has 6 heteroatoms. The third-order valence-corrected chi connectivity index (χ3v) is 4.58. The third kappa shape index (κ3) is 8.22. The van der Waals surface area contributed by atoms with E-state index in [1.54, 1.807) is 0 Å². The minimum Gasteiger partial charge on any atom is -0.494 e. The number of unbranched alkanes of at least 4 members (excludes halogenated alkanes) is 1. The summed E-state index contributed by atoms with van der Waals surface area (Å²) in [6.07, 6.45) is 2.14. The summed E-state index contributed by atoms with van der Waals surface area (Å²) < 4.78 is 16.9. The SMILES string of the molecule is CCCCOc1ccc(NCC(=O)Nc2ccc(OCCOc3ccccc3)cc2)cc1. The van der Waals surface area contributed by atoms with Gasteiger partial charge in [0, 0.05) is 11.4 Å². The van der Waals surface area contributed by atoms with E-state index in [-0.39, 0.29) is 12.5 Å². The van der Waals surface area contributed by atoms with Gasteiger partial charge in [-0.2, -0.15) is 0 Å². The van der Waals surface area contributed by atoms with Crippen LogP contribution in [0.5, 0.6) is 17.2 Å². The highest BCUT2D eigenvalue weighted by atomic mass is 16.5. The number of rotatable bonds is 13. The van der Waals surface area contributed by atoms with E-state index < -0.39 is 0 Å². The summed E-state index contributed by atoms with van der Waals surface area (Å²) in [6, 6.07) is 24.5. The van der Waals surface area contributed by atoms with Crippen LogP contribution in [-0.4, -0.2) is 32.3 Å². The normalized spacial score (nSPS) is 10.3. The number of nitrogens with one attached hydrogen (secondary N) is 2. The fourth-order valence-electron chi connectivity index (χ4n) is 2.86. The molecule has 0 spiro atoms. The number of ether oxygens (including phenoxy) is 3.